The van der Waals surface area contributed by atoms with E-state index in [0.29, 0.717) is 13.1 Å². The molecule has 0 aromatic carbocycles. The normalized spacial score (nSPS) is 25.4. The molecule has 21 heavy (non-hydrogen) atoms. The van der Waals surface area contributed by atoms with E-state index >= 15 is 0 Å². The van der Waals surface area contributed by atoms with Crippen molar-refractivity contribution in [1.82, 2.24) is 9.80 Å². The first-order valence-corrected chi connectivity index (χ1v) is 7.87. The predicted molar refractivity (Wildman–Crippen MR) is 78.0 cm³/mol. The molecule has 0 aromatic rings. The maximum Gasteiger partial charge on any atom is 0.320 e. The highest BCUT2D eigenvalue weighted by Crippen LogP contribution is 2.36. The Hall–Kier alpha value is -1.30. The first-order valence-electron chi connectivity index (χ1n) is 7.87. The summed E-state index contributed by atoms with van der Waals surface area (Å²) in [6, 6.07) is -0.142. The SMILES string of the molecule is CN(C(=O)N1CCCC(O)C1)C1(CC(=O)O)CCCCC1. The molecule has 120 valence electrons. The number of β-amino-alcohol motifs (C(OH)–C–C–N with tert-alkyl or cyclic N) is 1. The minimum atomic E-state index is -0.852. The van der Waals surface area contributed by atoms with Crippen molar-refractivity contribution in [1.29, 1.82) is 0 Å². The number of aliphatic hydroxyl groups excluding tert-OH is 1. The largest absolute Gasteiger partial charge is 0.481 e. The number of carboxylic acids is 1. The van der Waals surface area contributed by atoms with Crippen LogP contribution in [0.2, 0.25) is 0 Å². The van der Waals surface area contributed by atoms with Crippen LogP contribution < -0.4 is 0 Å². The van der Waals surface area contributed by atoms with Crippen LogP contribution in [-0.4, -0.2) is 63.8 Å². The average molecular weight is 298 g/mol. The fourth-order valence-electron chi connectivity index (χ4n) is 3.67. The first kappa shape index (κ1) is 16.1. The van der Waals surface area contributed by atoms with Gasteiger partial charge in [-0.2, -0.15) is 0 Å². The zero-order valence-corrected chi connectivity index (χ0v) is 12.8. The molecule has 6 nitrogen and oxygen atoms in total. The van der Waals surface area contributed by atoms with Crippen LogP contribution in [-0.2, 0) is 4.79 Å². The molecule has 2 aliphatic rings. The summed E-state index contributed by atoms with van der Waals surface area (Å²) in [5.41, 5.74) is -0.566. The quantitative estimate of drug-likeness (QED) is 0.830. The predicted octanol–water partition coefficient (Wildman–Crippen LogP) is 1.67. The third-order valence-electron chi connectivity index (χ3n) is 4.93. The van der Waals surface area contributed by atoms with Crippen LogP contribution in [0.5, 0.6) is 0 Å². The number of hydrogen-bond acceptors (Lipinski definition) is 3. The average Bonchev–Trinajstić information content (AvgIpc) is 2.46. The first-order chi connectivity index (χ1) is 9.94. The van der Waals surface area contributed by atoms with Crippen molar-refractivity contribution >= 4 is 12.0 Å². The van der Waals surface area contributed by atoms with E-state index in [0.717, 1.165) is 44.9 Å². The highest BCUT2D eigenvalue weighted by molar-refractivity contribution is 5.77. The van der Waals surface area contributed by atoms with E-state index in [2.05, 4.69) is 0 Å². The maximum atomic E-state index is 12.7. The topological polar surface area (TPSA) is 81.1 Å². The molecule has 6 heteroatoms. The smallest absolute Gasteiger partial charge is 0.320 e. The molecule has 2 rings (SSSR count). The molecule has 2 amide bonds. The van der Waals surface area contributed by atoms with Gasteiger partial charge >= 0.3 is 12.0 Å². The van der Waals surface area contributed by atoms with E-state index in [-0.39, 0.29) is 12.5 Å². The van der Waals surface area contributed by atoms with Crippen molar-refractivity contribution in [3.63, 3.8) is 0 Å². The lowest BCUT2D eigenvalue weighted by Gasteiger charge is -2.46. The van der Waals surface area contributed by atoms with Gasteiger partial charge < -0.3 is 20.0 Å². The zero-order chi connectivity index (χ0) is 15.5. The molecule has 0 bridgehead atoms. The molecule has 0 aromatic heterocycles. The summed E-state index contributed by atoms with van der Waals surface area (Å²) < 4.78 is 0. The van der Waals surface area contributed by atoms with E-state index in [1.807, 2.05) is 0 Å². The van der Waals surface area contributed by atoms with Crippen molar-refractivity contribution in [2.24, 2.45) is 0 Å². The van der Waals surface area contributed by atoms with Crippen molar-refractivity contribution in [3.05, 3.63) is 0 Å². The lowest BCUT2D eigenvalue weighted by atomic mass is 9.78. The fourth-order valence-corrected chi connectivity index (χ4v) is 3.67. The number of aliphatic carboxylic acids is 1. The number of nitrogens with zero attached hydrogens (tertiary/aromatic N) is 2. The van der Waals surface area contributed by atoms with Gasteiger partial charge in [0.05, 0.1) is 18.1 Å². The molecule has 1 saturated heterocycles. The number of aliphatic hydroxyl groups is 1. The molecule has 2 N–H and O–H groups in total. The lowest BCUT2D eigenvalue weighted by Crippen LogP contribution is -2.57. The van der Waals surface area contributed by atoms with Crippen molar-refractivity contribution in [2.45, 2.75) is 63.0 Å². The maximum absolute atomic E-state index is 12.7. The Morgan fingerprint density at radius 3 is 2.48 bits per heavy atom. The summed E-state index contributed by atoms with van der Waals surface area (Å²) in [6.07, 6.45) is 5.60. The summed E-state index contributed by atoms with van der Waals surface area (Å²) in [6.45, 7) is 0.996. The number of carbonyl (C=O) groups is 2. The Kier molecular flexibility index (Phi) is 5.08. The van der Waals surface area contributed by atoms with E-state index < -0.39 is 17.6 Å². The van der Waals surface area contributed by atoms with Gasteiger partial charge in [0.1, 0.15) is 0 Å². The Morgan fingerprint density at radius 2 is 1.90 bits per heavy atom. The highest BCUT2D eigenvalue weighted by atomic mass is 16.4. The number of carbonyl (C=O) groups excluding carboxylic acids is 1. The molecule has 1 atom stereocenters. The second kappa shape index (κ2) is 6.64. The number of likely N-dealkylation sites (tertiary alicyclic amines) is 1. The Bertz CT molecular complexity index is 393. The Morgan fingerprint density at radius 1 is 1.24 bits per heavy atom. The second-order valence-corrected chi connectivity index (χ2v) is 6.44. The molecule has 1 heterocycles. The number of hydrogen-bond donors (Lipinski definition) is 2. The van der Waals surface area contributed by atoms with Gasteiger partial charge in [-0.3, -0.25) is 4.79 Å². The zero-order valence-electron chi connectivity index (χ0n) is 12.8. The summed E-state index contributed by atoms with van der Waals surface area (Å²) in [5.74, 6) is -0.852. The van der Waals surface area contributed by atoms with Crippen LogP contribution in [0.3, 0.4) is 0 Å². The van der Waals surface area contributed by atoms with Gasteiger partial charge in [0.25, 0.3) is 0 Å². The second-order valence-electron chi connectivity index (χ2n) is 6.44. The Labute approximate surface area is 125 Å². The third kappa shape index (κ3) is 3.67. The number of piperidine rings is 1. The van der Waals surface area contributed by atoms with Gasteiger partial charge in [-0.15, -0.1) is 0 Å². The number of urea groups is 1. The van der Waals surface area contributed by atoms with Crippen molar-refractivity contribution < 1.29 is 19.8 Å². The standard InChI is InChI=1S/C15H26N2O4/c1-16(14(21)17-9-5-6-12(18)11-17)15(10-13(19)20)7-3-2-4-8-15/h12,18H,2-11H2,1H3,(H,19,20). The van der Waals surface area contributed by atoms with E-state index in [1.165, 1.54) is 0 Å². The van der Waals surface area contributed by atoms with Crippen LogP contribution >= 0.6 is 0 Å². The van der Waals surface area contributed by atoms with Crippen molar-refractivity contribution in [3.8, 4) is 0 Å². The van der Waals surface area contributed by atoms with Crippen LogP contribution in [0, 0.1) is 0 Å². The monoisotopic (exact) mass is 298 g/mol. The number of carboxylic acid groups (broad SMARTS) is 1. The highest BCUT2D eigenvalue weighted by Gasteiger charge is 2.42. The molecule has 1 unspecified atom stereocenters. The molecule has 0 radical (unpaired) electrons. The minimum Gasteiger partial charge on any atom is -0.481 e. The molecule has 1 saturated carbocycles. The van der Waals surface area contributed by atoms with Gasteiger partial charge in [-0.1, -0.05) is 19.3 Å². The summed E-state index contributed by atoms with van der Waals surface area (Å²) in [4.78, 5) is 27.2. The molecule has 0 spiro atoms. The minimum absolute atomic E-state index is 0.00559. The van der Waals surface area contributed by atoms with Gasteiger partial charge in [0, 0.05) is 20.1 Å². The summed E-state index contributed by atoms with van der Waals surface area (Å²) in [7, 11) is 1.72. The van der Waals surface area contributed by atoms with Crippen LogP contribution in [0.1, 0.15) is 51.4 Å². The third-order valence-corrected chi connectivity index (χ3v) is 4.93. The molecular weight excluding hydrogens is 272 g/mol. The van der Waals surface area contributed by atoms with Crippen molar-refractivity contribution in [2.75, 3.05) is 20.1 Å². The molecular formula is C15H26N2O4. The van der Waals surface area contributed by atoms with Gasteiger partial charge in [-0.25, -0.2) is 4.79 Å². The van der Waals surface area contributed by atoms with E-state index in [1.54, 1.807) is 16.8 Å². The Balaban J connectivity index is 2.11. The van der Waals surface area contributed by atoms with Gasteiger partial charge in [-0.05, 0) is 25.7 Å². The van der Waals surface area contributed by atoms with Gasteiger partial charge in [0.2, 0.25) is 0 Å². The van der Waals surface area contributed by atoms with Crippen LogP contribution in [0.25, 0.3) is 0 Å². The molecule has 1 aliphatic carbocycles. The number of rotatable bonds is 3. The van der Waals surface area contributed by atoms with Gasteiger partial charge in [0.15, 0.2) is 0 Å². The van der Waals surface area contributed by atoms with E-state index in [9.17, 15) is 19.8 Å². The molecule has 1 aliphatic heterocycles. The fraction of sp³-hybridized carbons (Fsp3) is 0.867. The summed E-state index contributed by atoms with van der Waals surface area (Å²) in [5, 5.41) is 18.9. The molecule has 2 fully saturated rings. The lowest BCUT2D eigenvalue weighted by molar-refractivity contribution is -0.140. The van der Waals surface area contributed by atoms with Crippen LogP contribution in [0.4, 0.5) is 4.79 Å². The van der Waals surface area contributed by atoms with E-state index in [4.69, 9.17) is 0 Å². The number of amides is 2. The van der Waals surface area contributed by atoms with Crippen LogP contribution in [0.15, 0.2) is 0 Å². The summed E-state index contributed by atoms with van der Waals surface area (Å²) >= 11 is 0.